The van der Waals surface area contributed by atoms with Crippen LogP contribution in [-0.2, 0) is 4.74 Å². The lowest BCUT2D eigenvalue weighted by Crippen LogP contribution is -2.38. The van der Waals surface area contributed by atoms with Crippen LogP contribution in [0.5, 0.6) is 0 Å². The number of ether oxygens (including phenoxy) is 1. The molecular weight excluding hydrogens is 230 g/mol. The molecule has 5 heteroatoms. The minimum Gasteiger partial charge on any atom is -0.379 e. The van der Waals surface area contributed by atoms with Gasteiger partial charge in [0.2, 0.25) is 0 Å². The van der Waals surface area contributed by atoms with E-state index in [0.717, 1.165) is 24.4 Å². The lowest BCUT2D eigenvalue weighted by Gasteiger charge is -2.18. The van der Waals surface area contributed by atoms with Crippen LogP contribution in [0.25, 0.3) is 0 Å². The molecule has 98 valence electrons. The molecule has 1 aliphatic heterocycles. The van der Waals surface area contributed by atoms with Crippen LogP contribution in [0.15, 0.2) is 24.3 Å². The molecule has 18 heavy (non-hydrogen) atoms. The van der Waals surface area contributed by atoms with Crippen LogP contribution in [-0.4, -0.2) is 39.4 Å². The van der Waals surface area contributed by atoms with Gasteiger partial charge in [-0.05, 0) is 18.6 Å². The van der Waals surface area contributed by atoms with Crippen LogP contribution in [0.2, 0.25) is 0 Å². The largest absolute Gasteiger partial charge is 0.379 e. The Kier molecular flexibility index (Phi) is 4.04. The maximum Gasteiger partial charge on any atom is 0.319 e. The molecule has 1 aliphatic rings. The van der Waals surface area contributed by atoms with Crippen LogP contribution in [0.4, 0.5) is 16.2 Å². The topological polar surface area (TPSA) is 53.6 Å². The van der Waals surface area contributed by atoms with Crippen LogP contribution in [0, 0.1) is 0 Å². The number of nitrogens with one attached hydrogen (secondary N) is 2. The van der Waals surface area contributed by atoms with Gasteiger partial charge in [0, 0.05) is 20.7 Å². The summed E-state index contributed by atoms with van der Waals surface area (Å²) in [5, 5.41) is 5.77. The van der Waals surface area contributed by atoms with E-state index in [1.54, 1.807) is 0 Å². The van der Waals surface area contributed by atoms with Crippen molar-refractivity contribution in [1.29, 1.82) is 0 Å². The van der Waals surface area contributed by atoms with Gasteiger partial charge in [0.15, 0.2) is 0 Å². The number of urea groups is 1. The zero-order chi connectivity index (χ0) is 13.0. The number of amides is 2. The van der Waals surface area contributed by atoms with E-state index in [2.05, 4.69) is 10.6 Å². The van der Waals surface area contributed by atoms with E-state index in [0.29, 0.717) is 6.61 Å². The summed E-state index contributed by atoms with van der Waals surface area (Å²) >= 11 is 0. The Balaban J connectivity index is 1.97. The van der Waals surface area contributed by atoms with Gasteiger partial charge in [-0.25, -0.2) is 4.79 Å². The second-order valence-electron chi connectivity index (χ2n) is 4.57. The van der Waals surface area contributed by atoms with Crippen molar-refractivity contribution in [1.82, 2.24) is 5.32 Å². The molecule has 1 aromatic carbocycles. The first-order valence-corrected chi connectivity index (χ1v) is 6.08. The van der Waals surface area contributed by atoms with Gasteiger partial charge in [-0.1, -0.05) is 12.1 Å². The summed E-state index contributed by atoms with van der Waals surface area (Å²) in [5.41, 5.74) is 1.79. The first kappa shape index (κ1) is 12.7. The van der Waals surface area contributed by atoms with E-state index in [1.165, 1.54) is 0 Å². The van der Waals surface area contributed by atoms with E-state index in [9.17, 15) is 4.79 Å². The maximum atomic E-state index is 11.8. The highest BCUT2D eigenvalue weighted by Crippen LogP contribution is 2.23. The molecule has 0 spiro atoms. The number of carbonyl (C=O) groups excluding carboxylic acids is 1. The molecule has 0 aliphatic carbocycles. The smallest absolute Gasteiger partial charge is 0.319 e. The highest BCUT2D eigenvalue weighted by Gasteiger charge is 2.18. The molecule has 1 aromatic rings. The zero-order valence-electron chi connectivity index (χ0n) is 10.8. The molecule has 1 unspecified atom stereocenters. The maximum absolute atomic E-state index is 11.8. The number of benzene rings is 1. The van der Waals surface area contributed by atoms with Gasteiger partial charge in [0.05, 0.1) is 24.0 Å². The van der Waals surface area contributed by atoms with Gasteiger partial charge in [0.1, 0.15) is 0 Å². The first-order valence-electron chi connectivity index (χ1n) is 6.08. The molecule has 0 saturated carbocycles. The Hall–Kier alpha value is -1.75. The quantitative estimate of drug-likeness (QED) is 0.856. The molecular formula is C13H19N3O2. The fourth-order valence-corrected chi connectivity index (χ4v) is 1.96. The summed E-state index contributed by atoms with van der Waals surface area (Å²) in [5.74, 6) is 0. The summed E-state index contributed by atoms with van der Waals surface area (Å²) < 4.78 is 5.22. The molecule has 2 N–H and O–H groups in total. The molecule has 1 fully saturated rings. The van der Waals surface area contributed by atoms with Crippen molar-refractivity contribution in [2.45, 2.75) is 12.5 Å². The van der Waals surface area contributed by atoms with Crippen molar-refractivity contribution in [3.05, 3.63) is 24.3 Å². The molecule has 1 atom stereocenters. The van der Waals surface area contributed by atoms with Crippen LogP contribution >= 0.6 is 0 Å². The second-order valence-corrected chi connectivity index (χ2v) is 4.57. The normalized spacial score (nSPS) is 18.4. The third kappa shape index (κ3) is 3.13. The van der Waals surface area contributed by atoms with Crippen molar-refractivity contribution in [3.63, 3.8) is 0 Å². The van der Waals surface area contributed by atoms with Crippen molar-refractivity contribution in [2.75, 3.05) is 37.5 Å². The number of hydrogen-bond acceptors (Lipinski definition) is 3. The van der Waals surface area contributed by atoms with Crippen molar-refractivity contribution >= 4 is 17.4 Å². The van der Waals surface area contributed by atoms with Gasteiger partial charge in [-0.2, -0.15) is 0 Å². The van der Waals surface area contributed by atoms with Gasteiger partial charge < -0.3 is 20.3 Å². The van der Waals surface area contributed by atoms with Crippen molar-refractivity contribution in [2.24, 2.45) is 0 Å². The third-order valence-electron chi connectivity index (χ3n) is 2.90. The minimum absolute atomic E-state index is 0.122. The van der Waals surface area contributed by atoms with E-state index in [-0.39, 0.29) is 12.1 Å². The third-order valence-corrected chi connectivity index (χ3v) is 2.90. The number of carbonyl (C=O) groups is 1. The van der Waals surface area contributed by atoms with Gasteiger partial charge in [-0.3, -0.25) is 0 Å². The SMILES string of the molecule is CN(C)c1ccccc1NC(=O)NC1CCOC1. The molecule has 0 radical (unpaired) electrons. The van der Waals surface area contributed by atoms with E-state index in [4.69, 9.17) is 4.74 Å². The fraction of sp³-hybridized carbons (Fsp3) is 0.462. The number of hydrogen-bond donors (Lipinski definition) is 2. The lowest BCUT2D eigenvalue weighted by molar-refractivity contribution is 0.189. The van der Waals surface area contributed by atoms with E-state index >= 15 is 0 Å². The zero-order valence-corrected chi connectivity index (χ0v) is 10.8. The molecule has 0 aromatic heterocycles. The van der Waals surface area contributed by atoms with Crippen LogP contribution < -0.4 is 15.5 Å². The summed E-state index contributed by atoms with van der Waals surface area (Å²) in [7, 11) is 3.90. The van der Waals surface area contributed by atoms with E-state index < -0.39 is 0 Å². The van der Waals surface area contributed by atoms with Crippen molar-refractivity contribution < 1.29 is 9.53 Å². The Morgan fingerprint density at radius 2 is 2.17 bits per heavy atom. The lowest BCUT2D eigenvalue weighted by atomic mass is 10.2. The Morgan fingerprint density at radius 1 is 1.39 bits per heavy atom. The summed E-state index contributed by atoms with van der Waals surface area (Å²) in [6.45, 7) is 1.32. The average Bonchev–Trinajstić information content (AvgIpc) is 2.82. The Morgan fingerprint density at radius 3 is 2.83 bits per heavy atom. The predicted molar refractivity (Wildman–Crippen MR) is 72.1 cm³/mol. The van der Waals surface area contributed by atoms with Crippen molar-refractivity contribution in [3.8, 4) is 0 Å². The highest BCUT2D eigenvalue weighted by atomic mass is 16.5. The Labute approximate surface area is 107 Å². The number of para-hydroxylation sites is 2. The minimum atomic E-state index is -0.181. The molecule has 2 rings (SSSR count). The molecule has 2 amide bonds. The molecule has 5 nitrogen and oxygen atoms in total. The summed E-state index contributed by atoms with van der Waals surface area (Å²) in [4.78, 5) is 13.8. The van der Waals surface area contributed by atoms with Crippen LogP contribution in [0.1, 0.15) is 6.42 Å². The molecule has 0 bridgehead atoms. The molecule has 1 heterocycles. The molecule has 1 saturated heterocycles. The van der Waals surface area contributed by atoms with E-state index in [1.807, 2.05) is 43.3 Å². The number of anilines is 2. The predicted octanol–water partition coefficient (Wildman–Crippen LogP) is 1.66. The fourth-order valence-electron chi connectivity index (χ4n) is 1.96. The summed E-state index contributed by atoms with van der Waals surface area (Å²) in [6, 6.07) is 7.65. The standard InChI is InChI=1S/C13H19N3O2/c1-16(2)12-6-4-3-5-11(12)15-13(17)14-10-7-8-18-9-10/h3-6,10H,7-9H2,1-2H3,(H2,14,15,17). The average molecular weight is 249 g/mol. The Bertz CT molecular complexity index is 414. The first-order chi connectivity index (χ1) is 8.66. The summed E-state index contributed by atoms with van der Waals surface area (Å²) in [6.07, 6.45) is 0.878. The van der Waals surface area contributed by atoms with Gasteiger partial charge in [-0.15, -0.1) is 0 Å². The highest BCUT2D eigenvalue weighted by molar-refractivity contribution is 5.93. The van der Waals surface area contributed by atoms with Crippen LogP contribution in [0.3, 0.4) is 0 Å². The number of rotatable bonds is 3. The van der Waals surface area contributed by atoms with Gasteiger partial charge >= 0.3 is 6.03 Å². The monoisotopic (exact) mass is 249 g/mol. The second kappa shape index (κ2) is 5.73. The number of nitrogens with zero attached hydrogens (tertiary/aromatic N) is 1. The van der Waals surface area contributed by atoms with Gasteiger partial charge in [0.25, 0.3) is 0 Å².